The molecule has 0 heteroatoms. The fourth-order valence-corrected chi connectivity index (χ4v) is 2.51. The van der Waals surface area contributed by atoms with Crippen LogP contribution in [-0.4, -0.2) is 0 Å². The fraction of sp³-hybridized carbons (Fsp3) is 0.250. The monoisotopic (exact) mass is 208 g/mol. The highest BCUT2D eigenvalue weighted by atomic mass is 14.1. The zero-order valence-electron chi connectivity index (χ0n) is 9.45. The molecule has 1 fully saturated rings. The highest BCUT2D eigenvalue weighted by molar-refractivity contribution is 5.84. The van der Waals surface area contributed by atoms with Gasteiger partial charge in [-0.3, -0.25) is 0 Å². The topological polar surface area (TPSA) is 0 Å². The Morgan fingerprint density at radius 2 is 1.56 bits per heavy atom. The lowest BCUT2D eigenvalue weighted by Crippen LogP contribution is -1.77. The summed E-state index contributed by atoms with van der Waals surface area (Å²) in [6.45, 7) is 0. The van der Waals surface area contributed by atoms with Gasteiger partial charge in [0.15, 0.2) is 0 Å². The predicted octanol–water partition coefficient (Wildman–Crippen LogP) is 4.80. The van der Waals surface area contributed by atoms with Crippen molar-refractivity contribution in [1.29, 1.82) is 0 Å². The van der Waals surface area contributed by atoms with Gasteiger partial charge in [0.2, 0.25) is 0 Å². The van der Waals surface area contributed by atoms with Gasteiger partial charge < -0.3 is 0 Å². The molecule has 1 saturated carbocycles. The van der Waals surface area contributed by atoms with E-state index in [9.17, 15) is 0 Å². The minimum Gasteiger partial charge on any atom is -0.0696 e. The maximum absolute atomic E-state index is 2.37. The molecule has 1 aliphatic rings. The van der Waals surface area contributed by atoms with E-state index in [1.165, 1.54) is 42.0 Å². The highest BCUT2D eigenvalue weighted by Gasteiger charge is 2.06. The van der Waals surface area contributed by atoms with Crippen LogP contribution < -0.4 is 0 Å². The molecule has 0 aliphatic heterocycles. The summed E-state index contributed by atoms with van der Waals surface area (Å²) in [4.78, 5) is 0. The minimum atomic E-state index is 1.30. The number of hydrogen-bond donors (Lipinski definition) is 0. The van der Waals surface area contributed by atoms with Crippen LogP contribution in [0.1, 0.15) is 31.2 Å². The standard InChI is InChI=1S/C16H16/c1-2-6-13(5-1)11-14-9-10-15-7-3-4-8-16(15)12-14/h3-4,7-12H,1-2,5-6H2. The van der Waals surface area contributed by atoms with Crippen LogP contribution in [0.5, 0.6) is 0 Å². The molecule has 0 nitrogen and oxygen atoms in total. The minimum absolute atomic E-state index is 1.30. The van der Waals surface area contributed by atoms with Crippen molar-refractivity contribution in [3.63, 3.8) is 0 Å². The normalized spacial score (nSPS) is 15.6. The molecule has 0 radical (unpaired) electrons. The molecule has 0 unspecified atom stereocenters. The first-order chi connectivity index (χ1) is 7.92. The molecule has 2 aromatic carbocycles. The molecule has 2 aromatic rings. The molecule has 80 valence electrons. The van der Waals surface area contributed by atoms with Crippen LogP contribution in [0.4, 0.5) is 0 Å². The maximum atomic E-state index is 2.37. The number of benzene rings is 2. The van der Waals surface area contributed by atoms with E-state index in [2.05, 4.69) is 48.5 Å². The van der Waals surface area contributed by atoms with E-state index >= 15 is 0 Å². The van der Waals surface area contributed by atoms with E-state index in [1.807, 2.05) is 0 Å². The van der Waals surface area contributed by atoms with Gasteiger partial charge in [-0.05, 0) is 48.1 Å². The van der Waals surface area contributed by atoms with E-state index in [4.69, 9.17) is 0 Å². The van der Waals surface area contributed by atoms with Gasteiger partial charge in [0.1, 0.15) is 0 Å². The van der Waals surface area contributed by atoms with Crippen LogP contribution in [0.15, 0.2) is 48.0 Å². The number of allylic oxidation sites excluding steroid dienone is 1. The lowest BCUT2D eigenvalue weighted by molar-refractivity contribution is 0.886. The summed E-state index contributed by atoms with van der Waals surface area (Å²) in [6, 6.07) is 15.3. The second-order valence-corrected chi connectivity index (χ2v) is 4.62. The Kier molecular flexibility index (Phi) is 2.49. The smallest absolute Gasteiger partial charge is 0.0178 e. The summed E-state index contributed by atoms with van der Waals surface area (Å²) in [7, 11) is 0. The van der Waals surface area contributed by atoms with Gasteiger partial charge in [0, 0.05) is 0 Å². The van der Waals surface area contributed by atoms with Crippen molar-refractivity contribution in [2.75, 3.05) is 0 Å². The molecular formula is C16H16. The van der Waals surface area contributed by atoms with Crippen molar-refractivity contribution in [3.8, 4) is 0 Å². The van der Waals surface area contributed by atoms with Gasteiger partial charge in [-0.15, -0.1) is 0 Å². The number of fused-ring (bicyclic) bond motifs is 1. The van der Waals surface area contributed by atoms with Gasteiger partial charge in [-0.1, -0.05) is 48.0 Å². The quantitative estimate of drug-likeness (QED) is 0.631. The Labute approximate surface area is 96.6 Å². The second kappa shape index (κ2) is 4.13. The molecule has 0 saturated heterocycles. The maximum Gasteiger partial charge on any atom is -0.0178 e. The fourth-order valence-electron chi connectivity index (χ4n) is 2.51. The Morgan fingerprint density at radius 3 is 2.38 bits per heavy atom. The largest absolute Gasteiger partial charge is 0.0696 e. The lowest BCUT2D eigenvalue weighted by Gasteiger charge is -2.01. The predicted molar refractivity (Wildman–Crippen MR) is 70.4 cm³/mol. The van der Waals surface area contributed by atoms with Crippen molar-refractivity contribution in [2.45, 2.75) is 25.7 Å². The molecular weight excluding hydrogens is 192 g/mol. The Morgan fingerprint density at radius 1 is 0.812 bits per heavy atom. The van der Waals surface area contributed by atoms with Crippen molar-refractivity contribution in [3.05, 3.63) is 53.6 Å². The van der Waals surface area contributed by atoms with Crippen molar-refractivity contribution in [2.24, 2.45) is 0 Å². The molecule has 0 bridgehead atoms. The van der Waals surface area contributed by atoms with Crippen LogP contribution in [0, 0.1) is 0 Å². The molecule has 1 aliphatic carbocycles. The summed E-state index contributed by atoms with van der Waals surface area (Å²) < 4.78 is 0. The van der Waals surface area contributed by atoms with Gasteiger partial charge in [-0.25, -0.2) is 0 Å². The summed E-state index contributed by atoms with van der Waals surface area (Å²) in [5, 5.41) is 2.67. The number of rotatable bonds is 1. The third kappa shape index (κ3) is 1.88. The average molecular weight is 208 g/mol. The summed E-state index contributed by atoms with van der Waals surface area (Å²) >= 11 is 0. The average Bonchev–Trinajstić information content (AvgIpc) is 2.82. The third-order valence-corrected chi connectivity index (χ3v) is 3.39. The van der Waals surface area contributed by atoms with Crippen molar-refractivity contribution in [1.82, 2.24) is 0 Å². The third-order valence-electron chi connectivity index (χ3n) is 3.39. The van der Waals surface area contributed by atoms with E-state index in [-0.39, 0.29) is 0 Å². The van der Waals surface area contributed by atoms with Crippen LogP contribution in [-0.2, 0) is 0 Å². The number of hydrogen-bond acceptors (Lipinski definition) is 0. The van der Waals surface area contributed by atoms with Crippen molar-refractivity contribution >= 4 is 16.8 Å². The molecule has 0 aromatic heterocycles. The summed E-state index contributed by atoms with van der Waals surface area (Å²) in [5.74, 6) is 0. The first-order valence-electron chi connectivity index (χ1n) is 6.10. The van der Waals surface area contributed by atoms with E-state index < -0.39 is 0 Å². The zero-order chi connectivity index (χ0) is 10.8. The summed E-state index contributed by atoms with van der Waals surface area (Å²) in [5.41, 5.74) is 2.98. The van der Waals surface area contributed by atoms with Crippen LogP contribution in [0.3, 0.4) is 0 Å². The molecule has 0 heterocycles. The SMILES string of the molecule is C(=C1CCCC1)c1ccc2ccccc2c1. The Bertz CT molecular complexity index is 526. The first-order valence-corrected chi connectivity index (χ1v) is 6.10. The van der Waals surface area contributed by atoms with Crippen LogP contribution >= 0.6 is 0 Å². The van der Waals surface area contributed by atoms with Gasteiger partial charge in [0.05, 0.1) is 0 Å². The van der Waals surface area contributed by atoms with Crippen LogP contribution in [0.2, 0.25) is 0 Å². The molecule has 0 amide bonds. The molecule has 0 atom stereocenters. The Hall–Kier alpha value is -1.56. The summed E-state index contributed by atoms with van der Waals surface area (Å²) in [6.07, 6.45) is 7.72. The van der Waals surface area contributed by atoms with Gasteiger partial charge in [0.25, 0.3) is 0 Å². The van der Waals surface area contributed by atoms with E-state index in [0.717, 1.165) is 0 Å². The Balaban J connectivity index is 2.01. The van der Waals surface area contributed by atoms with E-state index in [1.54, 1.807) is 5.57 Å². The molecule has 16 heavy (non-hydrogen) atoms. The lowest BCUT2D eigenvalue weighted by atomic mass is 10.0. The molecule has 0 spiro atoms. The van der Waals surface area contributed by atoms with Crippen molar-refractivity contribution < 1.29 is 0 Å². The van der Waals surface area contributed by atoms with Gasteiger partial charge >= 0.3 is 0 Å². The molecule has 0 N–H and O–H groups in total. The highest BCUT2D eigenvalue weighted by Crippen LogP contribution is 2.26. The molecule has 3 rings (SSSR count). The first kappa shape index (κ1) is 9.65. The van der Waals surface area contributed by atoms with Crippen LogP contribution in [0.25, 0.3) is 16.8 Å². The second-order valence-electron chi connectivity index (χ2n) is 4.62. The van der Waals surface area contributed by atoms with Gasteiger partial charge in [-0.2, -0.15) is 0 Å². The zero-order valence-corrected chi connectivity index (χ0v) is 9.45. The van der Waals surface area contributed by atoms with E-state index in [0.29, 0.717) is 0 Å².